The van der Waals surface area contributed by atoms with E-state index in [1.54, 1.807) is 30.4 Å². The normalized spacial score (nSPS) is 12.0. The molecule has 2 aromatic rings. The predicted molar refractivity (Wildman–Crippen MR) is 93.7 cm³/mol. The van der Waals surface area contributed by atoms with Crippen LogP contribution < -0.4 is 11.1 Å². The van der Waals surface area contributed by atoms with Crippen molar-refractivity contribution in [3.05, 3.63) is 45.4 Å². The van der Waals surface area contributed by atoms with Crippen LogP contribution in [0.2, 0.25) is 0 Å². The van der Waals surface area contributed by atoms with Crippen molar-refractivity contribution < 1.29 is 9.59 Å². The first-order valence-electron chi connectivity index (χ1n) is 7.14. The monoisotopic (exact) mass is 349 g/mol. The lowest BCUT2D eigenvalue weighted by molar-refractivity contribution is -0.117. The zero-order valence-corrected chi connectivity index (χ0v) is 14.9. The number of benzene rings is 1. The van der Waals surface area contributed by atoms with Crippen LogP contribution in [0.1, 0.15) is 32.9 Å². The van der Waals surface area contributed by atoms with E-state index in [1.807, 2.05) is 26.0 Å². The summed E-state index contributed by atoms with van der Waals surface area (Å²) in [5.74, 6) is -0.589. The van der Waals surface area contributed by atoms with Crippen molar-refractivity contribution in [2.24, 2.45) is 5.73 Å². The first-order valence-corrected chi connectivity index (χ1v) is 8.84. The summed E-state index contributed by atoms with van der Waals surface area (Å²) in [5, 5.41) is 3.36. The van der Waals surface area contributed by atoms with E-state index in [2.05, 4.69) is 10.3 Å². The molecule has 122 valence electrons. The summed E-state index contributed by atoms with van der Waals surface area (Å²) < 4.78 is 0. The molecular weight excluding hydrogens is 330 g/mol. The minimum atomic E-state index is -0.404. The Morgan fingerprint density at radius 1 is 1.35 bits per heavy atom. The molecule has 23 heavy (non-hydrogen) atoms. The highest BCUT2D eigenvalue weighted by Crippen LogP contribution is 2.26. The van der Waals surface area contributed by atoms with Crippen LogP contribution >= 0.6 is 23.1 Å². The molecule has 0 aliphatic heterocycles. The van der Waals surface area contributed by atoms with Gasteiger partial charge in [0.15, 0.2) is 0 Å². The quantitative estimate of drug-likeness (QED) is 0.785. The highest BCUT2D eigenvalue weighted by molar-refractivity contribution is 8.00. The van der Waals surface area contributed by atoms with Crippen LogP contribution in [0.3, 0.4) is 0 Å². The molecular formula is C16H19N3O2S2. The van der Waals surface area contributed by atoms with Gasteiger partial charge < -0.3 is 11.1 Å². The molecule has 7 heteroatoms. The minimum Gasteiger partial charge on any atom is -0.369 e. The Bertz CT molecular complexity index is 708. The number of hydrogen-bond donors (Lipinski definition) is 2. The first-order chi connectivity index (χ1) is 10.9. The molecule has 0 aliphatic rings. The molecule has 0 aliphatic carbocycles. The van der Waals surface area contributed by atoms with Crippen LogP contribution in [0.15, 0.2) is 29.2 Å². The largest absolute Gasteiger partial charge is 0.369 e. The fraction of sp³-hybridized carbons (Fsp3) is 0.312. The van der Waals surface area contributed by atoms with E-state index in [0.717, 1.165) is 20.5 Å². The van der Waals surface area contributed by atoms with Gasteiger partial charge in [0.05, 0.1) is 23.1 Å². The number of rotatable bonds is 6. The van der Waals surface area contributed by atoms with Crippen LogP contribution in [-0.2, 0) is 11.3 Å². The maximum Gasteiger partial charge on any atom is 0.252 e. The van der Waals surface area contributed by atoms with E-state index in [-0.39, 0.29) is 5.91 Å². The predicted octanol–water partition coefficient (Wildman–Crippen LogP) is 2.66. The smallest absolute Gasteiger partial charge is 0.252 e. The van der Waals surface area contributed by atoms with Crippen molar-refractivity contribution >= 4 is 34.9 Å². The Labute approximate surface area is 143 Å². The van der Waals surface area contributed by atoms with Crippen LogP contribution in [0, 0.1) is 13.8 Å². The fourth-order valence-corrected chi connectivity index (χ4v) is 3.69. The molecule has 2 rings (SSSR count). The third-order valence-corrected chi connectivity index (χ3v) is 5.58. The van der Waals surface area contributed by atoms with Crippen molar-refractivity contribution in [2.45, 2.75) is 37.5 Å². The van der Waals surface area contributed by atoms with E-state index in [4.69, 9.17) is 5.73 Å². The van der Waals surface area contributed by atoms with Gasteiger partial charge in [-0.15, -0.1) is 23.1 Å². The van der Waals surface area contributed by atoms with Gasteiger partial charge in [0.25, 0.3) is 5.91 Å². The van der Waals surface area contributed by atoms with Crippen molar-refractivity contribution in [2.75, 3.05) is 0 Å². The van der Waals surface area contributed by atoms with E-state index < -0.39 is 11.2 Å². The zero-order chi connectivity index (χ0) is 17.0. The van der Waals surface area contributed by atoms with Gasteiger partial charge in [0.1, 0.15) is 5.01 Å². The number of nitrogens with one attached hydrogen (secondary N) is 1. The van der Waals surface area contributed by atoms with Gasteiger partial charge in [-0.2, -0.15) is 0 Å². The second-order valence-corrected chi connectivity index (χ2v) is 7.76. The average molecular weight is 349 g/mol. The number of nitrogens with zero attached hydrogens (tertiary/aromatic N) is 1. The van der Waals surface area contributed by atoms with Crippen molar-refractivity contribution in [3.63, 3.8) is 0 Å². The number of primary amides is 1. The van der Waals surface area contributed by atoms with Crippen LogP contribution in [-0.4, -0.2) is 22.0 Å². The summed E-state index contributed by atoms with van der Waals surface area (Å²) in [7, 11) is 0. The maximum absolute atomic E-state index is 12.4. The number of thiazole rings is 1. The Balaban J connectivity index is 2.08. The average Bonchev–Trinajstić information content (AvgIpc) is 2.84. The van der Waals surface area contributed by atoms with Gasteiger partial charge in [-0.05, 0) is 32.9 Å². The summed E-state index contributed by atoms with van der Waals surface area (Å²) in [4.78, 5) is 29.9. The number of carbonyl (C=O) groups excluding carboxylic acids is 2. The van der Waals surface area contributed by atoms with E-state index >= 15 is 0 Å². The molecule has 1 aromatic heterocycles. The summed E-state index contributed by atoms with van der Waals surface area (Å²) in [6, 6.07) is 7.19. The highest BCUT2D eigenvalue weighted by Gasteiger charge is 2.17. The van der Waals surface area contributed by atoms with Gasteiger partial charge in [-0.3, -0.25) is 9.59 Å². The van der Waals surface area contributed by atoms with E-state index in [9.17, 15) is 9.59 Å². The van der Waals surface area contributed by atoms with Crippen molar-refractivity contribution in [3.8, 4) is 0 Å². The number of thioether (sulfide) groups is 1. The molecule has 5 nitrogen and oxygen atoms in total. The third-order valence-electron chi connectivity index (χ3n) is 3.31. The van der Waals surface area contributed by atoms with Crippen molar-refractivity contribution in [1.29, 1.82) is 0 Å². The number of carbonyl (C=O) groups is 2. The van der Waals surface area contributed by atoms with E-state index in [0.29, 0.717) is 12.1 Å². The first kappa shape index (κ1) is 17.5. The minimum absolute atomic E-state index is 0.185. The molecule has 1 atom stereocenters. The molecule has 0 spiro atoms. The van der Waals surface area contributed by atoms with Crippen LogP contribution in [0.4, 0.5) is 0 Å². The Hall–Kier alpha value is -1.86. The Kier molecular flexibility index (Phi) is 5.79. The summed E-state index contributed by atoms with van der Waals surface area (Å²) >= 11 is 2.86. The number of aromatic nitrogens is 1. The second kappa shape index (κ2) is 7.61. The molecule has 0 fully saturated rings. The Morgan fingerprint density at radius 3 is 2.65 bits per heavy atom. The van der Waals surface area contributed by atoms with Crippen molar-refractivity contribution in [1.82, 2.24) is 10.3 Å². The van der Waals surface area contributed by atoms with E-state index in [1.165, 1.54) is 11.8 Å². The van der Waals surface area contributed by atoms with Gasteiger partial charge in [-0.25, -0.2) is 4.98 Å². The molecule has 2 amide bonds. The molecule has 1 heterocycles. The Morgan fingerprint density at radius 2 is 2.04 bits per heavy atom. The second-order valence-electron chi connectivity index (χ2n) is 5.09. The lowest BCUT2D eigenvalue weighted by Crippen LogP contribution is -2.25. The molecule has 3 N–H and O–H groups in total. The standard InChI is InChI=1S/C16H19N3O2S2/c1-9-10(2)23-14(19-9)8-18-16(21)12-6-4-5-7-13(12)22-11(3)15(17)20/h4-7,11H,8H2,1-3H3,(H2,17,20)(H,18,21). The number of amides is 2. The van der Waals surface area contributed by atoms with Gasteiger partial charge in [-0.1, -0.05) is 12.1 Å². The lowest BCUT2D eigenvalue weighted by Gasteiger charge is -2.11. The molecule has 0 saturated carbocycles. The SMILES string of the molecule is Cc1nc(CNC(=O)c2ccccc2SC(C)C(N)=O)sc1C. The van der Waals surface area contributed by atoms with Crippen LogP contribution in [0.25, 0.3) is 0 Å². The molecule has 0 radical (unpaired) electrons. The maximum atomic E-state index is 12.4. The summed E-state index contributed by atoms with van der Waals surface area (Å²) in [6.07, 6.45) is 0. The lowest BCUT2D eigenvalue weighted by atomic mass is 10.2. The summed E-state index contributed by atoms with van der Waals surface area (Å²) in [6.45, 7) is 6.08. The number of aryl methyl sites for hydroxylation is 2. The number of nitrogens with two attached hydrogens (primary N) is 1. The third kappa shape index (κ3) is 4.56. The van der Waals surface area contributed by atoms with Gasteiger partial charge >= 0.3 is 0 Å². The van der Waals surface area contributed by atoms with Gasteiger partial charge in [0, 0.05) is 9.77 Å². The van der Waals surface area contributed by atoms with Gasteiger partial charge in [0.2, 0.25) is 5.91 Å². The zero-order valence-electron chi connectivity index (χ0n) is 13.3. The molecule has 0 saturated heterocycles. The molecule has 1 aromatic carbocycles. The topological polar surface area (TPSA) is 85.1 Å². The molecule has 1 unspecified atom stereocenters. The van der Waals surface area contributed by atoms with Crippen LogP contribution in [0.5, 0.6) is 0 Å². The number of hydrogen-bond acceptors (Lipinski definition) is 5. The summed E-state index contributed by atoms with van der Waals surface area (Å²) in [5.41, 5.74) is 6.82. The fourth-order valence-electron chi connectivity index (χ4n) is 1.87. The highest BCUT2D eigenvalue weighted by atomic mass is 32.2. The molecule has 0 bridgehead atoms.